The number of nitrogens with zero attached hydrogens (tertiary/aromatic N) is 4. The number of carbonyl (C=O) groups excluding carboxylic acids is 3. The largest absolute Gasteiger partial charge is 0.494 e. The summed E-state index contributed by atoms with van der Waals surface area (Å²) in [5, 5.41) is 5.91. The highest BCUT2D eigenvalue weighted by molar-refractivity contribution is 7.22. The molecule has 36 heavy (non-hydrogen) atoms. The Balaban J connectivity index is 1.46. The van der Waals surface area contributed by atoms with Gasteiger partial charge in [-0.15, -0.1) is 0 Å². The van der Waals surface area contributed by atoms with Gasteiger partial charge in [-0.05, 0) is 73.5 Å². The molecule has 2 heterocycles. The molecule has 5 rings (SSSR count). The Morgan fingerprint density at radius 2 is 1.75 bits per heavy atom. The molecule has 3 aromatic carbocycles. The predicted molar refractivity (Wildman–Crippen MR) is 139 cm³/mol. The first-order valence-electron chi connectivity index (χ1n) is 11.4. The second kappa shape index (κ2) is 9.71. The highest BCUT2D eigenvalue weighted by Gasteiger charge is 2.37. The van der Waals surface area contributed by atoms with Crippen LogP contribution in [0, 0.1) is 6.92 Å². The van der Waals surface area contributed by atoms with Gasteiger partial charge in [0.05, 0.1) is 34.2 Å². The number of hydrogen-bond acceptors (Lipinski definition) is 7. The molecule has 4 aromatic rings. The molecule has 0 atom stereocenters. The lowest BCUT2D eigenvalue weighted by atomic mass is 10.1. The van der Waals surface area contributed by atoms with E-state index >= 15 is 0 Å². The topological polar surface area (TPSA) is 92.2 Å². The summed E-state index contributed by atoms with van der Waals surface area (Å²) < 4.78 is 6.37. The molecule has 0 fully saturated rings. The van der Waals surface area contributed by atoms with E-state index in [4.69, 9.17) is 4.74 Å². The molecule has 0 saturated carbocycles. The van der Waals surface area contributed by atoms with E-state index in [0.717, 1.165) is 37.0 Å². The summed E-state index contributed by atoms with van der Waals surface area (Å²) in [6.07, 6.45) is 1.54. The first kappa shape index (κ1) is 23.4. The summed E-state index contributed by atoms with van der Waals surface area (Å²) >= 11 is 1.31. The van der Waals surface area contributed by atoms with Crippen molar-refractivity contribution in [2.24, 2.45) is 5.10 Å². The Labute approximate surface area is 211 Å². The highest BCUT2D eigenvalue weighted by Crippen LogP contribution is 2.30. The lowest BCUT2D eigenvalue weighted by Gasteiger charge is -2.18. The normalized spacial score (nSPS) is 13.0. The number of amides is 3. The summed E-state index contributed by atoms with van der Waals surface area (Å²) in [5.74, 6) is -0.823. The molecular weight excluding hydrogens is 476 g/mol. The molecule has 1 aliphatic heterocycles. The number of aromatic nitrogens is 1. The summed E-state index contributed by atoms with van der Waals surface area (Å²) in [6, 6.07) is 19.6. The number of thiazole rings is 1. The zero-order valence-corrected chi connectivity index (χ0v) is 20.5. The van der Waals surface area contributed by atoms with Gasteiger partial charge in [0, 0.05) is 0 Å². The van der Waals surface area contributed by atoms with Gasteiger partial charge in [0.1, 0.15) is 12.3 Å². The summed E-state index contributed by atoms with van der Waals surface area (Å²) in [6.45, 7) is 3.99. The number of benzene rings is 3. The van der Waals surface area contributed by atoms with Crippen molar-refractivity contribution in [3.05, 3.63) is 89.0 Å². The fraction of sp³-hybridized carbons (Fsp3) is 0.148. The molecule has 0 bridgehead atoms. The van der Waals surface area contributed by atoms with Crippen LogP contribution in [-0.2, 0) is 4.79 Å². The van der Waals surface area contributed by atoms with Gasteiger partial charge in [-0.2, -0.15) is 10.1 Å². The molecule has 0 saturated heterocycles. The molecule has 0 spiro atoms. The summed E-state index contributed by atoms with van der Waals surface area (Å²) in [4.78, 5) is 44.6. The lowest BCUT2D eigenvalue weighted by molar-refractivity contribution is -0.118. The molecule has 9 heteroatoms. The number of hydrogen-bond donors (Lipinski definition) is 0. The van der Waals surface area contributed by atoms with Crippen molar-refractivity contribution in [3.63, 3.8) is 0 Å². The van der Waals surface area contributed by atoms with Crippen molar-refractivity contribution in [1.29, 1.82) is 0 Å². The fourth-order valence-corrected chi connectivity index (χ4v) is 4.90. The maximum absolute atomic E-state index is 13.5. The molecule has 0 aliphatic carbocycles. The Kier molecular flexibility index (Phi) is 6.30. The number of fused-ring (bicyclic) bond motifs is 2. The van der Waals surface area contributed by atoms with E-state index in [1.165, 1.54) is 17.6 Å². The van der Waals surface area contributed by atoms with E-state index in [1.54, 1.807) is 24.3 Å². The highest BCUT2D eigenvalue weighted by atomic mass is 32.1. The van der Waals surface area contributed by atoms with Gasteiger partial charge in [-0.1, -0.05) is 29.5 Å². The number of aryl methyl sites for hydroxylation is 1. The second-order valence-corrected chi connectivity index (χ2v) is 9.17. The van der Waals surface area contributed by atoms with Crippen LogP contribution in [0.5, 0.6) is 5.75 Å². The molecule has 0 radical (unpaired) electrons. The fourth-order valence-electron chi connectivity index (χ4n) is 3.86. The van der Waals surface area contributed by atoms with Crippen LogP contribution in [0.15, 0.2) is 71.8 Å². The third-order valence-electron chi connectivity index (χ3n) is 5.64. The molecule has 3 amide bonds. The molecular formula is C27H22N4O4S. The quantitative estimate of drug-likeness (QED) is 0.210. The van der Waals surface area contributed by atoms with Gasteiger partial charge < -0.3 is 4.74 Å². The van der Waals surface area contributed by atoms with E-state index in [-0.39, 0.29) is 11.1 Å². The molecule has 0 N–H and O–H groups in total. The van der Waals surface area contributed by atoms with Crippen molar-refractivity contribution in [2.45, 2.75) is 13.8 Å². The van der Waals surface area contributed by atoms with Crippen LogP contribution in [0.3, 0.4) is 0 Å². The van der Waals surface area contributed by atoms with E-state index < -0.39 is 24.3 Å². The summed E-state index contributed by atoms with van der Waals surface area (Å²) in [5.41, 5.74) is 3.12. The van der Waals surface area contributed by atoms with Crippen molar-refractivity contribution in [2.75, 3.05) is 18.2 Å². The van der Waals surface area contributed by atoms with Crippen LogP contribution in [0.2, 0.25) is 0 Å². The average molecular weight is 499 g/mol. The third kappa shape index (κ3) is 4.48. The standard InChI is InChI=1S/C27H22N4O4S/c1-3-35-19-11-9-18(10-12-19)15-28-31(27-29-22-13-8-17(2)14-23(22)36-27)24(32)16-30-25(33)20-6-4-5-7-21(20)26(30)34/h4-15H,3,16H2,1-2H3/b28-15+. The van der Waals surface area contributed by atoms with Crippen LogP contribution >= 0.6 is 11.3 Å². The van der Waals surface area contributed by atoms with Crippen LogP contribution < -0.4 is 9.75 Å². The molecule has 8 nitrogen and oxygen atoms in total. The van der Waals surface area contributed by atoms with Gasteiger partial charge in [-0.25, -0.2) is 4.98 Å². The molecule has 180 valence electrons. The number of hydrazone groups is 1. The number of imide groups is 1. The SMILES string of the molecule is CCOc1ccc(/C=N/N(C(=O)CN2C(=O)c3ccccc3C2=O)c2nc3ccc(C)cc3s2)cc1. The van der Waals surface area contributed by atoms with Crippen molar-refractivity contribution < 1.29 is 19.1 Å². The number of rotatable bonds is 7. The molecule has 1 aliphatic rings. The van der Waals surface area contributed by atoms with Crippen LogP contribution in [0.1, 0.15) is 38.8 Å². The maximum atomic E-state index is 13.5. The van der Waals surface area contributed by atoms with E-state index in [1.807, 2.05) is 56.3 Å². The first-order chi connectivity index (χ1) is 17.4. The van der Waals surface area contributed by atoms with E-state index in [2.05, 4.69) is 10.1 Å². The minimum Gasteiger partial charge on any atom is -0.494 e. The maximum Gasteiger partial charge on any atom is 0.269 e. The van der Waals surface area contributed by atoms with Crippen molar-refractivity contribution in [1.82, 2.24) is 9.88 Å². The smallest absolute Gasteiger partial charge is 0.269 e. The Bertz CT molecular complexity index is 1470. The van der Waals surface area contributed by atoms with Crippen molar-refractivity contribution in [3.8, 4) is 5.75 Å². The van der Waals surface area contributed by atoms with E-state index in [0.29, 0.717) is 11.7 Å². The van der Waals surface area contributed by atoms with Gasteiger partial charge in [0.2, 0.25) is 5.13 Å². The van der Waals surface area contributed by atoms with Crippen LogP contribution in [-0.4, -0.2) is 47.0 Å². The minimum absolute atomic E-state index is 0.287. The van der Waals surface area contributed by atoms with Gasteiger partial charge in [0.25, 0.3) is 17.7 Å². The van der Waals surface area contributed by atoms with E-state index in [9.17, 15) is 14.4 Å². The lowest BCUT2D eigenvalue weighted by Crippen LogP contribution is -2.41. The zero-order chi connectivity index (χ0) is 25.2. The van der Waals surface area contributed by atoms with Gasteiger partial charge >= 0.3 is 0 Å². The number of ether oxygens (including phenoxy) is 1. The van der Waals surface area contributed by atoms with Gasteiger partial charge in [-0.3, -0.25) is 19.3 Å². The third-order valence-corrected chi connectivity index (χ3v) is 6.63. The van der Waals surface area contributed by atoms with Crippen LogP contribution in [0.25, 0.3) is 10.2 Å². The zero-order valence-electron chi connectivity index (χ0n) is 19.7. The van der Waals surface area contributed by atoms with Crippen molar-refractivity contribution >= 4 is 50.6 Å². The Morgan fingerprint density at radius 3 is 2.42 bits per heavy atom. The number of carbonyl (C=O) groups is 3. The number of anilines is 1. The second-order valence-electron chi connectivity index (χ2n) is 8.16. The minimum atomic E-state index is -0.553. The monoisotopic (exact) mass is 498 g/mol. The first-order valence-corrected chi connectivity index (χ1v) is 12.2. The average Bonchev–Trinajstić information content (AvgIpc) is 3.40. The molecule has 0 unspecified atom stereocenters. The molecule has 1 aromatic heterocycles. The summed E-state index contributed by atoms with van der Waals surface area (Å²) in [7, 11) is 0. The van der Waals surface area contributed by atoms with Gasteiger partial charge in [0.15, 0.2) is 0 Å². The predicted octanol–water partition coefficient (Wildman–Crippen LogP) is 4.67. The Hall–Kier alpha value is -4.37. The Morgan fingerprint density at radius 1 is 1.06 bits per heavy atom. The van der Waals surface area contributed by atoms with Crippen LogP contribution in [0.4, 0.5) is 5.13 Å².